The second-order valence-corrected chi connectivity index (χ2v) is 2.70. The Labute approximate surface area is 57.5 Å². The number of rotatable bonds is 0. The van der Waals surface area contributed by atoms with Crippen molar-refractivity contribution in [3.63, 3.8) is 0 Å². The van der Waals surface area contributed by atoms with Crippen LogP contribution >= 0.6 is 9.24 Å². The van der Waals surface area contributed by atoms with Crippen molar-refractivity contribution in [3.8, 4) is 0 Å². The van der Waals surface area contributed by atoms with Crippen LogP contribution in [0.5, 0.6) is 0 Å². The summed E-state index contributed by atoms with van der Waals surface area (Å²) >= 11 is 0. The third-order valence-corrected chi connectivity index (χ3v) is 1.86. The summed E-state index contributed by atoms with van der Waals surface area (Å²) in [6.07, 6.45) is 0. The lowest BCUT2D eigenvalue weighted by Gasteiger charge is -2.00. The Hall–Kier alpha value is -0.550. The monoisotopic (exact) mass is 139 g/mol. The maximum absolute atomic E-state index is 5.66. The fourth-order valence-electron chi connectivity index (χ4n) is 0.703. The molecule has 1 nitrogen and oxygen atoms in total. The van der Waals surface area contributed by atoms with E-state index < -0.39 is 0 Å². The summed E-state index contributed by atoms with van der Waals surface area (Å²) < 4.78 is 0. The number of para-hydroxylation sites is 1. The van der Waals surface area contributed by atoms with E-state index in [-0.39, 0.29) is 0 Å². The molecule has 0 radical (unpaired) electrons. The maximum atomic E-state index is 5.66. The number of anilines is 1. The molecular weight excluding hydrogens is 129 g/mol. The number of nitrogens with two attached hydrogens (primary N) is 1. The summed E-state index contributed by atoms with van der Waals surface area (Å²) in [5, 5.41) is 1.08. The number of aryl methyl sites for hydroxylation is 1. The topological polar surface area (TPSA) is 26.0 Å². The SMILES string of the molecule is Cc1cccc(P)c1N. The van der Waals surface area contributed by atoms with Gasteiger partial charge in [-0.1, -0.05) is 18.2 Å². The van der Waals surface area contributed by atoms with E-state index in [9.17, 15) is 0 Å². The van der Waals surface area contributed by atoms with Crippen LogP contribution in [-0.4, -0.2) is 0 Å². The van der Waals surface area contributed by atoms with Gasteiger partial charge >= 0.3 is 0 Å². The van der Waals surface area contributed by atoms with Crippen LogP contribution in [0.15, 0.2) is 18.2 Å². The lowest BCUT2D eigenvalue weighted by molar-refractivity contribution is 1.49. The molecule has 0 saturated carbocycles. The lowest BCUT2D eigenvalue weighted by atomic mass is 10.2. The van der Waals surface area contributed by atoms with E-state index >= 15 is 0 Å². The van der Waals surface area contributed by atoms with Gasteiger partial charge in [0.25, 0.3) is 0 Å². The first-order valence-corrected chi connectivity index (χ1v) is 3.40. The third kappa shape index (κ3) is 1.22. The van der Waals surface area contributed by atoms with Crippen LogP contribution in [-0.2, 0) is 0 Å². The average Bonchev–Trinajstić information content (AvgIpc) is 1.83. The van der Waals surface area contributed by atoms with Crippen LogP contribution in [0.3, 0.4) is 0 Å². The minimum absolute atomic E-state index is 0.877. The molecular formula is C7H10NP. The Morgan fingerprint density at radius 3 is 2.56 bits per heavy atom. The van der Waals surface area contributed by atoms with E-state index in [0.717, 1.165) is 16.6 Å². The molecule has 0 amide bonds. The van der Waals surface area contributed by atoms with Gasteiger partial charge in [-0.3, -0.25) is 0 Å². The van der Waals surface area contributed by atoms with Gasteiger partial charge in [-0.2, -0.15) is 0 Å². The fourth-order valence-corrected chi connectivity index (χ4v) is 1.04. The van der Waals surface area contributed by atoms with E-state index in [0.29, 0.717) is 0 Å². The Morgan fingerprint density at radius 1 is 1.44 bits per heavy atom. The highest BCUT2D eigenvalue weighted by molar-refractivity contribution is 7.28. The predicted molar refractivity (Wildman–Crippen MR) is 44.9 cm³/mol. The second kappa shape index (κ2) is 2.36. The van der Waals surface area contributed by atoms with Crippen molar-refractivity contribution in [1.82, 2.24) is 0 Å². The Balaban J connectivity index is 3.25. The van der Waals surface area contributed by atoms with Crippen molar-refractivity contribution in [2.75, 3.05) is 5.73 Å². The van der Waals surface area contributed by atoms with Crippen LogP contribution < -0.4 is 11.0 Å². The first-order valence-electron chi connectivity index (χ1n) is 2.82. The van der Waals surface area contributed by atoms with Crippen molar-refractivity contribution in [2.45, 2.75) is 6.92 Å². The third-order valence-electron chi connectivity index (χ3n) is 1.36. The Kier molecular flexibility index (Phi) is 1.73. The summed E-state index contributed by atoms with van der Waals surface area (Å²) in [6, 6.07) is 5.98. The van der Waals surface area contributed by atoms with Crippen molar-refractivity contribution in [1.29, 1.82) is 0 Å². The molecule has 9 heavy (non-hydrogen) atoms. The molecule has 0 spiro atoms. The molecule has 2 heteroatoms. The zero-order chi connectivity index (χ0) is 6.85. The highest BCUT2D eigenvalue weighted by atomic mass is 31.0. The number of benzene rings is 1. The van der Waals surface area contributed by atoms with E-state index in [1.165, 1.54) is 0 Å². The molecule has 0 heterocycles. The molecule has 0 aliphatic carbocycles. The summed E-state index contributed by atoms with van der Waals surface area (Å²) in [7, 11) is 2.60. The first kappa shape index (κ1) is 6.57. The molecule has 1 unspecified atom stereocenters. The first-order chi connectivity index (χ1) is 4.22. The Morgan fingerprint density at radius 2 is 2.11 bits per heavy atom. The molecule has 2 N–H and O–H groups in total. The summed E-state index contributed by atoms with van der Waals surface area (Å²) in [5.74, 6) is 0. The molecule has 0 aliphatic heterocycles. The van der Waals surface area contributed by atoms with E-state index in [1.807, 2.05) is 25.1 Å². The van der Waals surface area contributed by atoms with Gasteiger partial charge in [0.1, 0.15) is 0 Å². The van der Waals surface area contributed by atoms with Crippen molar-refractivity contribution < 1.29 is 0 Å². The molecule has 1 aromatic rings. The zero-order valence-electron chi connectivity index (χ0n) is 5.39. The van der Waals surface area contributed by atoms with E-state index in [2.05, 4.69) is 9.24 Å². The second-order valence-electron chi connectivity index (χ2n) is 2.08. The van der Waals surface area contributed by atoms with Crippen LogP contribution in [0.25, 0.3) is 0 Å². The lowest BCUT2D eigenvalue weighted by Crippen LogP contribution is -2.02. The molecule has 0 aromatic heterocycles. The molecule has 0 aliphatic rings. The van der Waals surface area contributed by atoms with Gasteiger partial charge in [-0.25, -0.2) is 0 Å². The summed E-state index contributed by atoms with van der Waals surface area (Å²) in [6.45, 7) is 2.00. The minimum Gasteiger partial charge on any atom is -0.398 e. The molecule has 0 saturated heterocycles. The van der Waals surface area contributed by atoms with Crippen LogP contribution in [0.2, 0.25) is 0 Å². The van der Waals surface area contributed by atoms with Crippen LogP contribution in [0, 0.1) is 6.92 Å². The number of nitrogen functional groups attached to an aromatic ring is 1. The van der Waals surface area contributed by atoms with Crippen molar-refractivity contribution >= 4 is 20.2 Å². The average molecular weight is 139 g/mol. The highest BCUT2D eigenvalue weighted by Crippen LogP contribution is 2.08. The normalized spacial score (nSPS) is 9.56. The molecule has 1 rings (SSSR count). The predicted octanol–water partition coefficient (Wildman–Crippen LogP) is 1.08. The van der Waals surface area contributed by atoms with Gasteiger partial charge in [0.2, 0.25) is 0 Å². The number of hydrogen-bond acceptors (Lipinski definition) is 1. The van der Waals surface area contributed by atoms with Gasteiger partial charge in [0.05, 0.1) is 0 Å². The van der Waals surface area contributed by atoms with Gasteiger partial charge in [0, 0.05) is 5.69 Å². The molecule has 48 valence electrons. The van der Waals surface area contributed by atoms with Crippen molar-refractivity contribution in [2.24, 2.45) is 0 Å². The van der Waals surface area contributed by atoms with Gasteiger partial charge in [-0.15, -0.1) is 9.24 Å². The van der Waals surface area contributed by atoms with Gasteiger partial charge < -0.3 is 5.73 Å². The molecule has 0 bridgehead atoms. The largest absolute Gasteiger partial charge is 0.398 e. The number of hydrogen-bond donors (Lipinski definition) is 1. The summed E-state index contributed by atoms with van der Waals surface area (Å²) in [5.41, 5.74) is 7.68. The minimum atomic E-state index is 0.877. The van der Waals surface area contributed by atoms with Gasteiger partial charge in [0.15, 0.2) is 0 Å². The van der Waals surface area contributed by atoms with E-state index in [1.54, 1.807) is 0 Å². The standard InChI is InChI=1S/C7H10NP/c1-5-3-2-4-6(9)7(5)8/h2-4H,8-9H2,1H3. The maximum Gasteiger partial charge on any atom is 0.0416 e. The Bertz CT molecular complexity index is 200. The molecule has 1 atom stereocenters. The molecule has 0 fully saturated rings. The fraction of sp³-hybridized carbons (Fsp3) is 0.143. The van der Waals surface area contributed by atoms with Gasteiger partial charge in [-0.05, 0) is 17.8 Å². The smallest absolute Gasteiger partial charge is 0.0416 e. The zero-order valence-corrected chi connectivity index (χ0v) is 6.54. The summed E-state index contributed by atoms with van der Waals surface area (Å²) in [4.78, 5) is 0. The quantitative estimate of drug-likeness (QED) is 0.422. The van der Waals surface area contributed by atoms with Crippen LogP contribution in [0.1, 0.15) is 5.56 Å². The van der Waals surface area contributed by atoms with Crippen molar-refractivity contribution in [3.05, 3.63) is 23.8 Å². The molecule has 1 aromatic carbocycles. The van der Waals surface area contributed by atoms with Crippen LogP contribution in [0.4, 0.5) is 5.69 Å². The highest BCUT2D eigenvalue weighted by Gasteiger charge is 1.92. The van der Waals surface area contributed by atoms with E-state index in [4.69, 9.17) is 5.73 Å².